The van der Waals surface area contributed by atoms with Crippen molar-refractivity contribution in [3.63, 3.8) is 0 Å². The van der Waals surface area contributed by atoms with Crippen molar-refractivity contribution >= 4 is 55.9 Å². The lowest BCUT2D eigenvalue weighted by atomic mass is 10.2. The van der Waals surface area contributed by atoms with Crippen LogP contribution in [0.2, 0.25) is 0 Å². The molecule has 0 atom stereocenters. The van der Waals surface area contributed by atoms with Gasteiger partial charge in [0.1, 0.15) is 21.8 Å². The predicted molar refractivity (Wildman–Crippen MR) is 113 cm³/mol. The van der Waals surface area contributed by atoms with Crippen molar-refractivity contribution in [3.05, 3.63) is 57.5 Å². The zero-order valence-corrected chi connectivity index (χ0v) is 16.9. The quantitative estimate of drug-likeness (QED) is 0.295. The number of benzene rings is 1. The minimum Gasteiger partial charge on any atom is -0.423 e. The van der Waals surface area contributed by atoms with E-state index in [-0.39, 0.29) is 5.91 Å². The molecule has 0 aliphatic rings. The van der Waals surface area contributed by atoms with Crippen molar-refractivity contribution in [2.45, 2.75) is 25.3 Å². The monoisotopic (exact) mass is 411 g/mol. The number of aryl methyl sites for hydroxylation is 2. The van der Waals surface area contributed by atoms with Crippen LogP contribution in [0.25, 0.3) is 21.2 Å². The number of carbonyl (C=O) groups excluding carboxylic acids is 1. The first kappa shape index (κ1) is 18.6. The van der Waals surface area contributed by atoms with E-state index >= 15 is 0 Å². The first-order valence-corrected chi connectivity index (χ1v) is 10.5. The van der Waals surface area contributed by atoms with Crippen molar-refractivity contribution in [2.24, 2.45) is 0 Å². The molecule has 0 spiro atoms. The molecule has 0 aliphatic carbocycles. The third kappa shape index (κ3) is 3.79. The molecular formula is C20H17N3O3S2. The second-order valence-corrected chi connectivity index (χ2v) is 8.58. The number of nitrogens with one attached hydrogen (secondary N) is 1. The Labute approximate surface area is 169 Å². The van der Waals surface area contributed by atoms with Crippen molar-refractivity contribution < 1.29 is 9.21 Å². The minimum absolute atomic E-state index is 0.0762. The molecule has 0 unspecified atom stereocenters. The summed E-state index contributed by atoms with van der Waals surface area (Å²) in [6, 6.07) is 8.23. The molecule has 0 saturated carbocycles. The van der Waals surface area contributed by atoms with E-state index in [0.717, 1.165) is 20.6 Å². The molecule has 0 aliphatic heterocycles. The highest BCUT2D eigenvalue weighted by molar-refractivity contribution is 7.99. The summed E-state index contributed by atoms with van der Waals surface area (Å²) in [6.07, 6.45) is 1.94. The van der Waals surface area contributed by atoms with Crippen LogP contribution < -0.4 is 10.9 Å². The van der Waals surface area contributed by atoms with Gasteiger partial charge in [-0.1, -0.05) is 0 Å². The number of thiophene rings is 1. The number of hydrogen-bond acceptors (Lipinski definition) is 7. The number of anilines is 1. The Morgan fingerprint density at radius 2 is 2.07 bits per heavy atom. The molecule has 4 aromatic rings. The predicted octanol–water partition coefficient (Wildman–Crippen LogP) is 4.54. The molecule has 3 aromatic heterocycles. The lowest BCUT2D eigenvalue weighted by Crippen LogP contribution is -2.12. The number of nitrogens with zero attached hydrogens (tertiary/aromatic N) is 2. The molecule has 0 radical (unpaired) electrons. The van der Waals surface area contributed by atoms with Crippen LogP contribution in [0.1, 0.15) is 16.9 Å². The van der Waals surface area contributed by atoms with Crippen LogP contribution >= 0.6 is 23.1 Å². The summed E-state index contributed by atoms with van der Waals surface area (Å²) in [7, 11) is 0. The molecule has 3 heterocycles. The fourth-order valence-corrected chi connectivity index (χ4v) is 4.93. The minimum atomic E-state index is -0.392. The molecule has 0 saturated heterocycles. The largest absolute Gasteiger partial charge is 0.423 e. The second-order valence-electron chi connectivity index (χ2n) is 6.30. The van der Waals surface area contributed by atoms with E-state index in [0.29, 0.717) is 23.4 Å². The molecule has 0 bridgehead atoms. The van der Waals surface area contributed by atoms with Gasteiger partial charge in [-0.2, -0.15) is 0 Å². The maximum atomic E-state index is 12.3. The number of carbonyl (C=O) groups is 1. The SMILES string of the molecule is Cc1sc2ncnc(SCCC(=O)Nc3ccc4oc(=O)ccc4c3)c2c1C. The first-order valence-electron chi connectivity index (χ1n) is 8.68. The number of fused-ring (bicyclic) bond motifs is 2. The Kier molecular flexibility index (Phi) is 5.15. The van der Waals surface area contributed by atoms with Crippen LogP contribution in [0.15, 0.2) is 50.9 Å². The van der Waals surface area contributed by atoms with Gasteiger partial charge in [0, 0.05) is 39.6 Å². The Morgan fingerprint density at radius 3 is 2.93 bits per heavy atom. The maximum Gasteiger partial charge on any atom is 0.336 e. The third-order valence-corrected chi connectivity index (χ3v) is 6.51. The lowest BCUT2D eigenvalue weighted by Gasteiger charge is -2.06. The zero-order valence-electron chi connectivity index (χ0n) is 15.3. The lowest BCUT2D eigenvalue weighted by molar-refractivity contribution is -0.115. The van der Waals surface area contributed by atoms with Gasteiger partial charge in [0.15, 0.2) is 0 Å². The standard InChI is InChI=1S/C20H17N3O3S2/c1-11-12(2)28-20-18(11)19(21-10-22-20)27-8-7-16(24)23-14-4-5-15-13(9-14)3-6-17(25)26-15/h3-6,9-10H,7-8H2,1-2H3,(H,23,24). The number of amides is 1. The van der Waals surface area contributed by atoms with Crippen LogP contribution in [0.3, 0.4) is 0 Å². The normalized spacial score (nSPS) is 11.2. The molecule has 4 rings (SSSR count). The van der Waals surface area contributed by atoms with E-state index in [1.54, 1.807) is 53.7 Å². The maximum absolute atomic E-state index is 12.3. The Bertz CT molecular complexity index is 1250. The van der Waals surface area contributed by atoms with Crippen LogP contribution in [-0.4, -0.2) is 21.6 Å². The average molecular weight is 412 g/mol. The van der Waals surface area contributed by atoms with Gasteiger partial charge in [0.05, 0.1) is 0 Å². The highest BCUT2D eigenvalue weighted by Gasteiger charge is 2.13. The Balaban J connectivity index is 1.40. The molecule has 6 nitrogen and oxygen atoms in total. The first-order chi connectivity index (χ1) is 13.5. The molecule has 1 N–H and O–H groups in total. The van der Waals surface area contributed by atoms with Crippen molar-refractivity contribution in [1.82, 2.24) is 9.97 Å². The van der Waals surface area contributed by atoms with Gasteiger partial charge in [-0.25, -0.2) is 14.8 Å². The third-order valence-electron chi connectivity index (χ3n) is 4.40. The van der Waals surface area contributed by atoms with Crippen LogP contribution in [0.4, 0.5) is 5.69 Å². The van der Waals surface area contributed by atoms with Crippen molar-refractivity contribution in [2.75, 3.05) is 11.1 Å². The Hall–Kier alpha value is -2.71. The average Bonchev–Trinajstić information content (AvgIpc) is 2.97. The molecule has 8 heteroatoms. The van der Waals surface area contributed by atoms with Gasteiger partial charge in [0.25, 0.3) is 0 Å². The summed E-state index contributed by atoms with van der Waals surface area (Å²) in [5.41, 5.74) is 1.98. The summed E-state index contributed by atoms with van der Waals surface area (Å²) < 4.78 is 5.10. The van der Waals surface area contributed by atoms with Crippen LogP contribution in [0.5, 0.6) is 0 Å². The number of hydrogen-bond donors (Lipinski definition) is 1. The molecule has 28 heavy (non-hydrogen) atoms. The van der Waals surface area contributed by atoms with Gasteiger partial charge < -0.3 is 9.73 Å². The van der Waals surface area contributed by atoms with Gasteiger partial charge in [-0.3, -0.25) is 4.79 Å². The van der Waals surface area contributed by atoms with Crippen LogP contribution in [-0.2, 0) is 4.79 Å². The number of thioether (sulfide) groups is 1. The summed E-state index contributed by atoms with van der Waals surface area (Å²) in [5.74, 6) is 0.544. The Morgan fingerprint density at radius 1 is 1.21 bits per heavy atom. The summed E-state index contributed by atoms with van der Waals surface area (Å²) >= 11 is 3.23. The van der Waals surface area contributed by atoms with Gasteiger partial charge >= 0.3 is 5.63 Å². The van der Waals surface area contributed by atoms with Crippen molar-refractivity contribution in [3.8, 4) is 0 Å². The molecule has 1 amide bonds. The van der Waals surface area contributed by atoms with Crippen molar-refractivity contribution in [1.29, 1.82) is 0 Å². The highest BCUT2D eigenvalue weighted by atomic mass is 32.2. The topological polar surface area (TPSA) is 85.1 Å². The molecular weight excluding hydrogens is 394 g/mol. The summed E-state index contributed by atoms with van der Waals surface area (Å²) in [4.78, 5) is 34.5. The molecule has 142 valence electrons. The van der Waals surface area contributed by atoms with E-state index in [1.165, 1.54) is 16.5 Å². The van der Waals surface area contributed by atoms with Gasteiger partial charge in [-0.15, -0.1) is 23.1 Å². The van der Waals surface area contributed by atoms with Gasteiger partial charge in [0.2, 0.25) is 5.91 Å². The number of rotatable bonds is 5. The zero-order chi connectivity index (χ0) is 19.7. The van der Waals surface area contributed by atoms with Crippen LogP contribution in [0, 0.1) is 13.8 Å². The van der Waals surface area contributed by atoms with E-state index in [2.05, 4.69) is 29.1 Å². The molecule has 1 aromatic carbocycles. The second kappa shape index (κ2) is 7.73. The summed E-state index contributed by atoms with van der Waals surface area (Å²) in [6.45, 7) is 4.16. The van der Waals surface area contributed by atoms with E-state index in [1.807, 2.05) is 0 Å². The molecule has 0 fully saturated rings. The van der Waals surface area contributed by atoms with E-state index in [9.17, 15) is 9.59 Å². The fourth-order valence-electron chi connectivity index (χ4n) is 2.87. The van der Waals surface area contributed by atoms with Gasteiger partial charge in [-0.05, 0) is 43.7 Å². The summed E-state index contributed by atoms with van der Waals surface area (Å²) in [5, 5.41) is 5.65. The fraction of sp³-hybridized carbons (Fsp3) is 0.200. The van der Waals surface area contributed by atoms with E-state index in [4.69, 9.17) is 4.42 Å². The van der Waals surface area contributed by atoms with E-state index < -0.39 is 5.63 Å². The highest BCUT2D eigenvalue weighted by Crippen LogP contribution is 2.34. The number of aromatic nitrogens is 2. The smallest absolute Gasteiger partial charge is 0.336 e.